The highest BCUT2D eigenvalue weighted by Gasteiger charge is 2.49. The number of carbonyl (C=O) groups excluding carboxylic acids is 2. The third kappa shape index (κ3) is 3.44. The van der Waals surface area contributed by atoms with Crippen molar-refractivity contribution in [3.8, 4) is 0 Å². The predicted octanol–water partition coefficient (Wildman–Crippen LogP) is 3.11. The van der Waals surface area contributed by atoms with E-state index >= 15 is 0 Å². The summed E-state index contributed by atoms with van der Waals surface area (Å²) in [5.41, 5.74) is 1.75. The maximum Gasteiger partial charge on any atom is 0.320 e. The molecule has 7 nitrogen and oxygen atoms in total. The lowest BCUT2D eigenvalue weighted by molar-refractivity contribution is -0.155. The highest BCUT2D eigenvalue weighted by Crippen LogP contribution is 2.44. The quantitative estimate of drug-likeness (QED) is 0.425. The average molecular weight is 397 g/mol. The third-order valence-electron chi connectivity index (χ3n) is 5.84. The number of hydrogen-bond donors (Lipinski definition) is 0. The molecular weight excluding hydrogens is 370 g/mol. The highest BCUT2D eigenvalue weighted by molar-refractivity contribution is 6.08. The zero-order valence-electron chi connectivity index (χ0n) is 16.9. The number of benzene rings is 1. The normalized spacial score (nSPS) is 24.0. The molecule has 1 aliphatic carbocycles. The number of aromatic nitrogens is 2. The van der Waals surface area contributed by atoms with Crippen molar-refractivity contribution in [2.75, 3.05) is 31.8 Å². The van der Waals surface area contributed by atoms with Crippen LogP contribution in [0.1, 0.15) is 32.2 Å². The summed E-state index contributed by atoms with van der Waals surface area (Å²) in [5, 5.41) is 0. The lowest BCUT2D eigenvalue weighted by Gasteiger charge is -2.41. The molecule has 0 saturated carbocycles. The number of hydrogen-bond acceptors (Lipinski definition) is 5. The van der Waals surface area contributed by atoms with Gasteiger partial charge in [-0.15, -0.1) is 0 Å². The van der Waals surface area contributed by atoms with Crippen LogP contribution in [0.15, 0.2) is 36.4 Å². The predicted molar refractivity (Wildman–Crippen MR) is 110 cm³/mol. The van der Waals surface area contributed by atoms with E-state index in [0.29, 0.717) is 19.1 Å². The van der Waals surface area contributed by atoms with Gasteiger partial charge in [0.25, 0.3) is 0 Å². The Morgan fingerprint density at radius 1 is 1.28 bits per heavy atom. The van der Waals surface area contributed by atoms with Gasteiger partial charge in [-0.05, 0) is 44.2 Å². The molecule has 2 aromatic rings. The molecule has 0 fully saturated rings. The summed E-state index contributed by atoms with van der Waals surface area (Å²) in [5.74, 6) is -0.827. The monoisotopic (exact) mass is 397 g/mol. The van der Waals surface area contributed by atoms with Gasteiger partial charge >= 0.3 is 5.97 Å². The smallest absolute Gasteiger partial charge is 0.320 e. The van der Waals surface area contributed by atoms with Gasteiger partial charge in [0.15, 0.2) is 5.92 Å². The topological polar surface area (TPSA) is 73.7 Å². The van der Waals surface area contributed by atoms with E-state index in [1.54, 1.807) is 18.9 Å². The molecule has 0 spiro atoms. The Hall–Kier alpha value is -2.67. The third-order valence-corrected chi connectivity index (χ3v) is 5.84. The molecule has 3 atom stereocenters. The number of ether oxygens (including phenoxy) is 2. The summed E-state index contributed by atoms with van der Waals surface area (Å²) in [6.07, 6.45) is 7.02. The number of allylic oxidation sites excluding steroid dienone is 2. The second-order valence-corrected chi connectivity index (χ2v) is 7.52. The largest absolute Gasteiger partial charge is 0.465 e. The number of methoxy groups -OCH3 is 1. The van der Waals surface area contributed by atoms with Gasteiger partial charge < -0.3 is 14.0 Å². The summed E-state index contributed by atoms with van der Waals surface area (Å²) in [6.45, 7) is 2.72. The first-order valence-electron chi connectivity index (χ1n) is 10.3. The Balaban J connectivity index is 1.90. The van der Waals surface area contributed by atoms with Crippen LogP contribution in [0.5, 0.6) is 0 Å². The van der Waals surface area contributed by atoms with Crippen LogP contribution >= 0.6 is 0 Å². The van der Waals surface area contributed by atoms with E-state index in [-0.39, 0.29) is 24.5 Å². The molecule has 3 unspecified atom stereocenters. The number of carbonyl (C=O) groups is 2. The van der Waals surface area contributed by atoms with Crippen LogP contribution in [0.3, 0.4) is 0 Å². The molecule has 0 saturated heterocycles. The molecule has 0 N–H and O–H groups in total. The summed E-state index contributed by atoms with van der Waals surface area (Å²) < 4.78 is 12.7. The van der Waals surface area contributed by atoms with E-state index in [9.17, 15) is 9.59 Å². The van der Waals surface area contributed by atoms with Gasteiger partial charge in [0.1, 0.15) is 0 Å². The number of imidazole rings is 1. The van der Waals surface area contributed by atoms with Gasteiger partial charge in [-0.25, -0.2) is 4.98 Å². The lowest BCUT2D eigenvalue weighted by Crippen LogP contribution is -2.52. The molecular formula is C22H27N3O4. The van der Waals surface area contributed by atoms with Crippen molar-refractivity contribution >= 4 is 28.9 Å². The minimum atomic E-state index is -0.881. The van der Waals surface area contributed by atoms with Crippen LogP contribution in [0.4, 0.5) is 5.95 Å². The second kappa shape index (κ2) is 8.37. The first kappa shape index (κ1) is 19.6. The van der Waals surface area contributed by atoms with E-state index in [4.69, 9.17) is 14.5 Å². The van der Waals surface area contributed by atoms with E-state index < -0.39 is 11.9 Å². The Morgan fingerprint density at radius 3 is 2.83 bits per heavy atom. The molecule has 1 aromatic heterocycles. The van der Waals surface area contributed by atoms with Crippen molar-refractivity contribution in [3.05, 3.63) is 36.4 Å². The SMILES string of the molecule is CCOC(=O)C1C(=O)N(CCOC)c2nc3ccccc3n2C1C1CC=CCC1. The highest BCUT2D eigenvalue weighted by atomic mass is 16.5. The van der Waals surface area contributed by atoms with Crippen molar-refractivity contribution in [2.45, 2.75) is 32.2 Å². The maximum absolute atomic E-state index is 13.5. The van der Waals surface area contributed by atoms with Crippen molar-refractivity contribution < 1.29 is 19.1 Å². The lowest BCUT2D eigenvalue weighted by atomic mass is 9.79. The minimum absolute atomic E-state index is 0.166. The number of rotatable bonds is 6. The Kier molecular flexibility index (Phi) is 5.67. The number of nitrogens with zero attached hydrogens (tertiary/aromatic N) is 3. The van der Waals surface area contributed by atoms with Crippen molar-refractivity contribution in [3.63, 3.8) is 0 Å². The summed E-state index contributed by atoms with van der Waals surface area (Å²) in [4.78, 5) is 32.9. The summed E-state index contributed by atoms with van der Waals surface area (Å²) >= 11 is 0. The molecule has 2 heterocycles. The van der Waals surface area contributed by atoms with Crippen molar-refractivity contribution in [2.24, 2.45) is 11.8 Å². The van der Waals surface area contributed by atoms with Gasteiger partial charge in [0.05, 0.1) is 36.8 Å². The molecule has 1 aromatic carbocycles. The van der Waals surface area contributed by atoms with Crippen LogP contribution in [-0.2, 0) is 19.1 Å². The van der Waals surface area contributed by atoms with Crippen molar-refractivity contribution in [1.82, 2.24) is 9.55 Å². The fourth-order valence-electron chi connectivity index (χ4n) is 4.55. The average Bonchev–Trinajstić information content (AvgIpc) is 3.12. The zero-order chi connectivity index (χ0) is 20.4. The van der Waals surface area contributed by atoms with Crippen LogP contribution in [0.2, 0.25) is 0 Å². The molecule has 2 aliphatic rings. The fourth-order valence-corrected chi connectivity index (χ4v) is 4.55. The maximum atomic E-state index is 13.5. The molecule has 0 radical (unpaired) electrons. The van der Waals surface area contributed by atoms with E-state index in [0.717, 1.165) is 30.3 Å². The van der Waals surface area contributed by atoms with Gasteiger partial charge in [-0.1, -0.05) is 24.3 Å². The standard InChI is InChI=1S/C22H27N3O4/c1-3-29-21(27)18-19(15-9-5-4-6-10-15)25-17-12-8-7-11-16(17)23-22(25)24(20(18)26)13-14-28-2/h4-5,7-8,11-12,15,18-19H,3,6,9-10,13-14H2,1-2H3. The number of anilines is 1. The number of para-hydroxylation sites is 2. The Morgan fingerprint density at radius 2 is 2.10 bits per heavy atom. The molecule has 1 amide bonds. The summed E-state index contributed by atoms with van der Waals surface area (Å²) in [6, 6.07) is 7.53. The second-order valence-electron chi connectivity index (χ2n) is 7.52. The van der Waals surface area contributed by atoms with Crippen LogP contribution in [0, 0.1) is 11.8 Å². The van der Waals surface area contributed by atoms with Gasteiger partial charge in [-0.2, -0.15) is 0 Å². The van der Waals surface area contributed by atoms with Crippen LogP contribution in [0.25, 0.3) is 11.0 Å². The van der Waals surface area contributed by atoms with Crippen LogP contribution in [-0.4, -0.2) is 48.3 Å². The molecule has 0 bridgehead atoms. The molecule has 29 heavy (non-hydrogen) atoms. The van der Waals surface area contributed by atoms with Crippen molar-refractivity contribution in [1.29, 1.82) is 0 Å². The number of fused-ring (bicyclic) bond motifs is 3. The minimum Gasteiger partial charge on any atom is -0.465 e. The van der Waals surface area contributed by atoms with Gasteiger partial charge in [-0.3, -0.25) is 14.5 Å². The fraction of sp³-hybridized carbons (Fsp3) is 0.500. The molecule has 4 rings (SSSR count). The Labute approximate surface area is 170 Å². The molecule has 7 heteroatoms. The van der Waals surface area contributed by atoms with Gasteiger partial charge in [0.2, 0.25) is 11.9 Å². The Bertz CT molecular complexity index is 935. The van der Waals surface area contributed by atoms with E-state index in [2.05, 4.69) is 16.7 Å². The van der Waals surface area contributed by atoms with E-state index in [1.807, 2.05) is 24.3 Å². The van der Waals surface area contributed by atoms with E-state index in [1.165, 1.54) is 0 Å². The molecule has 1 aliphatic heterocycles. The number of esters is 1. The van der Waals surface area contributed by atoms with Gasteiger partial charge in [0, 0.05) is 7.11 Å². The molecule has 154 valence electrons. The number of amides is 1. The zero-order valence-corrected chi connectivity index (χ0v) is 16.9. The summed E-state index contributed by atoms with van der Waals surface area (Å²) in [7, 11) is 1.59. The first-order valence-corrected chi connectivity index (χ1v) is 10.3. The first-order chi connectivity index (χ1) is 14.2. The van der Waals surface area contributed by atoms with Crippen LogP contribution < -0.4 is 4.90 Å².